The Bertz CT molecular complexity index is 3160. The molecule has 0 aliphatic heterocycles. The predicted octanol–water partition coefficient (Wildman–Crippen LogP) is 24.8. The Kier molecular flexibility index (Phi) is 22.3. The summed E-state index contributed by atoms with van der Waals surface area (Å²) in [4.78, 5) is 4.97. The van der Waals surface area contributed by atoms with Gasteiger partial charge in [-0.1, -0.05) is 292 Å². The van der Waals surface area contributed by atoms with E-state index in [1.807, 2.05) is 22.7 Å². The summed E-state index contributed by atoms with van der Waals surface area (Å²) in [6.07, 6.45) is 42.0. The molecule has 3 aromatic heterocycles. The van der Waals surface area contributed by atoms with E-state index in [1.54, 1.807) is 0 Å². The maximum atomic E-state index is 7.22. The van der Waals surface area contributed by atoms with E-state index in [9.17, 15) is 0 Å². The average Bonchev–Trinajstić information content (AvgIpc) is 2.67. The molecular weight excluding hydrogens is 1030 g/mol. The van der Waals surface area contributed by atoms with Crippen LogP contribution in [0.4, 0.5) is 0 Å². The molecule has 0 amide bonds. The second-order valence-electron chi connectivity index (χ2n) is 24.4. The van der Waals surface area contributed by atoms with Crippen molar-refractivity contribution in [3.8, 4) is 0 Å². The van der Waals surface area contributed by atoms with Crippen LogP contribution in [0.15, 0.2) is 114 Å². The third-order valence-electron chi connectivity index (χ3n) is 18.8. The van der Waals surface area contributed by atoms with Gasteiger partial charge in [-0.05, 0) is 108 Å². The molecule has 9 rings (SSSR count). The van der Waals surface area contributed by atoms with Gasteiger partial charge >= 0.3 is 0 Å². The van der Waals surface area contributed by atoms with Crippen molar-refractivity contribution in [3.05, 3.63) is 135 Å². The highest BCUT2D eigenvalue weighted by atomic mass is 32.1. The zero-order valence-electron chi connectivity index (χ0n) is 49.7. The molecule has 2 aliphatic carbocycles. The lowest BCUT2D eigenvalue weighted by molar-refractivity contribution is 0.514. The smallest absolute Gasteiger partial charge is 0.0580 e. The number of unbranched alkanes of at least 4 members (excludes halogenated alkanes) is 27. The van der Waals surface area contributed by atoms with E-state index in [2.05, 4.69) is 136 Å². The quantitative estimate of drug-likeness (QED) is 0.0285. The molecule has 2 atom stereocenters. The number of aromatic nitrogens is 1. The van der Waals surface area contributed by atoms with Crippen LogP contribution in [-0.4, -0.2) is 14.3 Å². The molecule has 7 aromatic rings. The SMILES string of the molecule is CCCCCCCCCCCCCCC1(c2ccccc2)C(=S)C2=C(c3cc4cc5c(cc4s3)c3cc4sc(C)cc4cc3n5CCCCCCCC)C(CCCCCCCCCCCCCC)(c3ccccc3)C(=S)C2=C1C. The average molecular weight is 1130 g/mol. The van der Waals surface area contributed by atoms with E-state index < -0.39 is 5.41 Å². The van der Waals surface area contributed by atoms with Crippen molar-refractivity contribution in [2.45, 2.75) is 257 Å². The lowest BCUT2D eigenvalue weighted by Crippen LogP contribution is -2.37. The highest BCUT2D eigenvalue weighted by molar-refractivity contribution is 7.82. The van der Waals surface area contributed by atoms with Gasteiger partial charge in [-0.2, -0.15) is 0 Å². The summed E-state index contributed by atoms with van der Waals surface area (Å²) in [5.41, 5.74) is 10.0. The fourth-order valence-electron chi connectivity index (χ4n) is 14.4. The number of thiocarbonyl (C=S) groups is 2. The largest absolute Gasteiger partial charge is 0.340 e. The zero-order valence-corrected chi connectivity index (χ0v) is 52.9. The predicted molar refractivity (Wildman–Crippen MR) is 361 cm³/mol. The van der Waals surface area contributed by atoms with Gasteiger partial charge in [0.2, 0.25) is 0 Å². The van der Waals surface area contributed by atoms with Gasteiger partial charge in [0.1, 0.15) is 0 Å². The van der Waals surface area contributed by atoms with Gasteiger partial charge in [-0.25, -0.2) is 0 Å². The maximum Gasteiger partial charge on any atom is 0.0580 e. The van der Waals surface area contributed by atoms with E-state index in [4.69, 9.17) is 24.4 Å². The maximum absolute atomic E-state index is 7.22. The second kappa shape index (κ2) is 29.5. The molecule has 0 radical (unpaired) electrons. The van der Waals surface area contributed by atoms with E-state index in [0.29, 0.717) is 0 Å². The van der Waals surface area contributed by atoms with Crippen LogP contribution in [-0.2, 0) is 17.4 Å². The molecule has 0 spiro atoms. The number of hydrogen-bond acceptors (Lipinski definition) is 4. The van der Waals surface area contributed by atoms with Crippen molar-refractivity contribution in [2.24, 2.45) is 0 Å². The fraction of sp³-hybridized carbons (Fsp3) is 0.541. The van der Waals surface area contributed by atoms with Gasteiger partial charge < -0.3 is 4.57 Å². The first-order chi connectivity index (χ1) is 38.8. The molecule has 0 fully saturated rings. The van der Waals surface area contributed by atoms with E-state index in [0.717, 1.165) is 42.0 Å². The Labute approximate surface area is 497 Å². The second-order valence-corrected chi connectivity index (χ2v) is 27.6. The third-order valence-corrected chi connectivity index (χ3v) is 22.0. The number of fused-ring (bicyclic) bond motifs is 6. The number of aryl methyl sites for hydroxylation is 2. The topological polar surface area (TPSA) is 4.93 Å². The number of thiophene rings is 2. The molecule has 3 heterocycles. The van der Waals surface area contributed by atoms with Crippen molar-refractivity contribution < 1.29 is 0 Å². The van der Waals surface area contributed by atoms with Crippen molar-refractivity contribution in [1.82, 2.24) is 4.57 Å². The minimum absolute atomic E-state index is 0.363. The first-order valence-corrected chi connectivity index (χ1v) is 34.8. The highest BCUT2D eigenvalue weighted by Crippen LogP contribution is 2.63. The van der Waals surface area contributed by atoms with Crippen LogP contribution in [0.25, 0.3) is 47.6 Å². The molecule has 5 heteroatoms. The molecule has 0 saturated carbocycles. The molecule has 79 heavy (non-hydrogen) atoms. The number of nitrogens with zero attached hydrogens (tertiary/aromatic N) is 1. The summed E-state index contributed by atoms with van der Waals surface area (Å²) in [5, 5.41) is 5.50. The Morgan fingerprint density at radius 3 is 1.28 bits per heavy atom. The molecule has 0 saturated heterocycles. The summed E-state index contributed by atoms with van der Waals surface area (Å²) in [7, 11) is 0. The van der Waals surface area contributed by atoms with Gasteiger partial charge in [0.05, 0.1) is 10.8 Å². The molecule has 0 bridgehead atoms. The zero-order chi connectivity index (χ0) is 55.0. The van der Waals surface area contributed by atoms with Crippen LogP contribution < -0.4 is 0 Å². The van der Waals surface area contributed by atoms with E-state index >= 15 is 0 Å². The number of rotatable bonds is 36. The molecule has 4 aromatic carbocycles. The molecule has 0 N–H and O–H groups in total. The summed E-state index contributed by atoms with van der Waals surface area (Å²) < 4.78 is 5.43. The summed E-state index contributed by atoms with van der Waals surface area (Å²) in [5.74, 6) is 0. The molecule has 2 unspecified atom stereocenters. The van der Waals surface area contributed by atoms with Crippen LogP contribution in [0, 0.1) is 6.92 Å². The number of hydrogen-bond donors (Lipinski definition) is 0. The van der Waals surface area contributed by atoms with Gasteiger partial charge in [0.25, 0.3) is 0 Å². The molecular formula is C74H97NS4. The Morgan fingerprint density at radius 1 is 0.405 bits per heavy atom. The van der Waals surface area contributed by atoms with E-state index in [1.165, 1.54) is 265 Å². The number of allylic oxidation sites excluding steroid dienone is 4. The van der Waals surface area contributed by atoms with Gasteiger partial charge in [0.15, 0.2) is 0 Å². The van der Waals surface area contributed by atoms with Crippen LogP contribution in [0.5, 0.6) is 0 Å². The van der Waals surface area contributed by atoms with Crippen molar-refractivity contribution in [3.63, 3.8) is 0 Å². The van der Waals surface area contributed by atoms with Gasteiger partial charge in [-0.15, -0.1) is 22.7 Å². The van der Waals surface area contributed by atoms with Gasteiger partial charge in [0, 0.05) is 62.8 Å². The first-order valence-electron chi connectivity index (χ1n) is 32.4. The first kappa shape index (κ1) is 59.9. The molecule has 1 nitrogen and oxygen atoms in total. The standard InChI is InChI=1S/C74H97NS4/c1-6-9-12-15-18-20-22-24-26-28-30-39-46-73(59-42-35-33-36-43-59)56(5)68-69(72(73)77)70(74(71(68)76,60-44-37-34-38-45-60)47-40-31-29-27-25-23-21-19-16-13-10-7-2)67-52-58-51-64-62(54-66(58)79-67)61-53-65-57(49-55(4)78-65)50-63(61)75(64)48-41-32-17-14-11-8-3/h33-38,42-45,49-54H,6-32,39-41,46-48H2,1-5H3. The van der Waals surface area contributed by atoms with Gasteiger partial charge in [-0.3, -0.25) is 0 Å². The minimum Gasteiger partial charge on any atom is -0.340 e. The van der Waals surface area contributed by atoms with Crippen LogP contribution in [0.3, 0.4) is 0 Å². The summed E-state index contributed by atoms with van der Waals surface area (Å²) in [6, 6.07) is 38.0. The van der Waals surface area contributed by atoms with Crippen molar-refractivity contribution in [1.29, 1.82) is 0 Å². The lowest BCUT2D eigenvalue weighted by atomic mass is 9.66. The lowest BCUT2D eigenvalue weighted by Gasteiger charge is -2.37. The normalized spacial score (nSPS) is 17.6. The van der Waals surface area contributed by atoms with Crippen LogP contribution in [0.1, 0.15) is 254 Å². The molecule has 422 valence electrons. The Hall–Kier alpha value is -3.74. The Balaban J connectivity index is 1.09. The van der Waals surface area contributed by atoms with Crippen LogP contribution in [0.2, 0.25) is 0 Å². The molecule has 2 aliphatic rings. The van der Waals surface area contributed by atoms with Crippen molar-refractivity contribution >= 4 is 104 Å². The summed E-state index contributed by atoms with van der Waals surface area (Å²) >= 11 is 18.4. The summed E-state index contributed by atoms with van der Waals surface area (Å²) in [6.45, 7) is 12.7. The van der Waals surface area contributed by atoms with E-state index in [-0.39, 0.29) is 5.41 Å². The fourth-order valence-corrected chi connectivity index (χ4v) is 17.7. The number of benzene rings is 4. The Morgan fingerprint density at radius 2 is 0.797 bits per heavy atom. The monoisotopic (exact) mass is 1130 g/mol. The highest BCUT2D eigenvalue weighted by Gasteiger charge is 2.58. The van der Waals surface area contributed by atoms with Crippen LogP contribution >= 0.6 is 47.1 Å². The third kappa shape index (κ3) is 13.4. The minimum atomic E-state index is -0.452. The van der Waals surface area contributed by atoms with Crippen molar-refractivity contribution in [2.75, 3.05) is 0 Å².